The summed E-state index contributed by atoms with van der Waals surface area (Å²) in [7, 11) is 0. The minimum Gasteiger partial charge on any atom is -0.279 e. The summed E-state index contributed by atoms with van der Waals surface area (Å²) in [6, 6.07) is 15.5. The first-order chi connectivity index (χ1) is 10.6. The van der Waals surface area contributed by atoms with E-state index in [1.54, 1.807) is 18.2 Å². The maximum Gasteiger partial charge on any atom is 0.269 e. The third-order valence-electron chi connectivity index (χ3n) is 3.05. The summed E-state index contributed by atoms with van der Waals surface area (Å²) >= 11 is 1.09. The van der Waals surface area contributed by atoms with Gasteiger partial charge in [0.2, 0.25) is 5.12 Å². The van der Waals surface area contributed by atoms with Crippen LogP contribution in [0.15, 0.2) is 65.3 Å². The Morgan fingerprint density at radius 3 is 2.36 bits per heavy atom. The molecule has 0 radical (unpaired) electrons. The number of rotatable bonds is 3. The summed E-state index contributed by atoms with van der Waals surface area (Å²) in [6.45, 7) is 0. The zero-order valence-corrected chi connectivity index (χ0v) is 12.1. The molecule has 0 N–H and O–H groups in total. The highest BCUT2D eigenvalue weighted by Crippen LogP contribution is 2.29. The Morgan fingerprint density at radius 1 is 1.05 bits per heavy atom. The van der Waals surface area contributed by atoms with Crippen LogP contribution in [0.5, 0.6) is 0 Å². The molecule has 6 heteroatoms. The minimum absolute atomic E-state index is 0.0164. The van der Waals surface area contributed by atoms with Crippen molar-refractivity contribution in [3.05, 3.63) is 81.5 Å². The number of thioether (sulfide) groups is 1. The molecule has 0 amide bonds. The minimum atomic E-state index is -0.459. The fourth-order valence-electron chi connectivity index (χ4n) is 1.96. The monoisotopic (exact) mass is 310 g/mol. The van der Waals surface area contributed by atoms with Crippen molar-refractivity contribution >= 4 is 33.7 Å². The lowest BCUT2D eigenvalue weighted by molar-refractivity contribution is -0.384. The highest BCUT2D eigenvalue weighted by molar-refractivity contribution is 8.27. The molecule has 1 heterocycles. The van der Waals surface area contributed by atoms with Crippen molar-refractivity contribution in [3.63, 3.8) is 0 Å². The summed E-state index contributed by atoms with van der Waals surface area (Å²) in [6.07, 6.45) is 1.63. The number of nitro benzene ring substituents is 1. The van der Waals surface area contributed by atoms with E-state index in [0.29, 0.717) is 16.3 Å². The molecule has 3 rings (SSSR count). The second kappa shape index (κ2) is 5.95. The predicted octanol–water partition coefficient (Wildman–Crippen LogP) is 3.66. The van der Waals surface area contributed by atoms with E-state index in [1.165, 1.54) is 12.1 Å². The van der Waals surface area contributed by atoms with Gasteiger partial charge in [-0.3, -0.25) is 14.9 Å². The second-order valence-electron chi connectivity index (χ2n) is 4.55. The molecular weight excluding hydrogens is 300 g/mol. The number of non-ortho nitro benzene ring substituents is 1. The molecule has 0 bridgehead atoms. The summed E-state index contributed by atoms with van der Waals surface area (Å²) in [5.74, 6) is 0. The van der Waals surface area contributed by atoms with Gasteiger partial charge >= 0.3 is 0 Å². The third-order valence-corrected chi connectivity index (χ3v) is 3.96. The fraction of sp³-hybridized carbons (Fsp3) is 0. The van der Waals surface area contributed by atoms with E-state index < -0.39 is 4.92 Å². The van der Waals surface area contributed by atoms with Gasteiger partial charge < -0.3 is 0 Å². The van der Waals surface area contributed by atoms with Gasteiger partial charge in [-0.15, -0.1) is 0 Å². The van der Waals surface area contributed by atoms with Crippen LogP contribution in [0.2, 0.25) is 0 Å². The lowest BCUT2D eigenvalue weighted by Gasteiger charge is -1.95. The summed E-state index contributed by atoms with van der Waals surface area (Å²) in [4.78, 5) is 26.5. The van der Waals surface area contributed by atoms with E-state index >= 15 is 0 Å². The molecule has 0 atom stereocenters. The van der Waals surface area contributed by atoms with Gasteiger partial charge in [0, 0.05) is 17.7 Å². The van der Waals surface area contributed by atoms with Crippen LogP contribution in [0.4, 0.5) is 5.69 Å². The van der Waals surface area contributed by atoms with Gasteiger partial charge in [0.05, 0.1) is 4.92 Å². The van der Waals surface area contributed by atoms with E-state index in [0.717, 1.165) is 17.3 Å². The molecule has 5 nitrogen and oxygen atoms in total. The predicted molar refractivity (Wildman–Crippen MR) is 86.7 cm³/mol. The first-order valence-electron chi connectivity index (χ1n) is 6.46. The molecule has 0 spiro atoms. The molecule has 0 aliphatic carbocycles. The molecule has 1 aliphatic heterocycles. The largest absolute Gasteiger partial charge is 0.279 e. The van der Waals surface area contributed by atoms with Crippen molar-refractivity contribution in [3.8, 4) is 0 Å². The third kappa shape index (κ3) is 2.96. The van der Waals surface area contributed by atoms with Crippen molar-refractivity contribution in [2.75, 3.05) is 0 Å². The SMILES string of the molecule is O=C1SC(c2ccccc2)=NC1=Cc1ccc([N+](=O)[O-])cc1. The molecule has 0 saturated heterocycles. The number of benzene rings is 2. The Bertz CT molecular complexity index is 796. The van der Waals surface area contributed by atoms with Crippen LogP contribution >= 0.6 is 11.8 Å². The van der Waals surface area contributed by atoms with Crippen molar-refractivity contribution in [2.45, 2.75) is 0 Å². The summed E-state index contributed by atoms with van der Waals surface area (Å²) in [5.41, 5.74) is 1.96. The Labute approximate surface area is 130 Å². The Hall–Kier alpha value is -2.73. The summed E-state index contributed by atoms with van der Waals surface area (Å²) < 4.78 is 0. The van der Waals surface area contributed by atoms with E-state index in [2.05, 4.69) is 4.99 Å². The number of aliphatic imine (C=N–C) groups is 1. The van der Waals surface area contributed by atoms with Gasteiger partial charge in [0.25, 0.3) is 5.69 Å². The molecule has 2 aromatic rings. The molecule has 0 saturated carbocycles. The average Bonchev–Trinajstić information content (AvgIpc) is 2.90. The van der Waals surface area contributed by atoms with Gasteiger partial charge in [-0.2, -0.15) is 0 Å². The number of hydrogen-bond acceptors (Lipinski definition) is 5. The maximum absolute atomic E-state index is 12.0. The molecule has 108 valence electrons. The van der Waals surface area contributed by atoms with E-state index in [1.807, 2.05) is 30.3 Å². The van der Waals surface area contributed by atoms with Crippen molar-refractivity contribution in [1.29, 1.82) is 0 Å². The van der Waals surface area contributed by atoms with Crippen LogP contribution in [0.25, 0.3) is 6.08 Å². The van der Waals surface area contributed by atoms with Gasteiger partial charge in [-0.1, -0.05) is 30.3 Å². The lowest BCUT2D eigenvalue weighted by Crippen LogP contribution is -1.91. The maximum atomic E-state index is 12.0. The van der Waals surface area contributed by atoms with Gasteiger partial charge in [-0.25, -0.2) is 4.99 Å². The Kier molecular flexibility index (Phi) is 3.84. The molecule has 2 aromatic carbocycles. The number of carbonyl (C=O) groups is 1. The number of hydrogen-bond donors (Lipinski definition) is 0. The van der Waals surface area contributed by atoms with Gasteiger partial charge in [0.1, 0.15) is 10.7 Å². The van der Waals surface area contributed by atoms with Crippen LogP contribution in [0, 0.1) is 10.1 Å². The quantitative estimate of drug-likeness (QED) is 0.493. The number of nitrogens with zero attached hydrogens (tertiary/aromatic N) is 2. The number of carbonyl (C=O) groups excluding carboxylic acids is 1. The van der Waals surface area contributed by atoms with Crippen LogP contribution in [0.3, 0.4) is 0 Å². The second-order valence-corrected chi connectivity index (χ2v) is 5.51. The smallest absolute Gasteiger partial charge is 0.269 e. The van der Waals surface area contributed by atoms with Crippen LogP contribution in [0.1, 0.15) is 11.1 Å². The molecule has 0 aromatic heterocycles. The Balaban J connectivity index is 1.89. The molecule has 0 fully saturated rings. The molecular formula is C16H10N2O3S. The van der Waals surface area contributed by atoms with Gasteiger partial charge in [0.15, 0.2) is 0 Å². The van der Waals surface area contributed by atoms with Crippen LogP contribution in [-0.4, -0.2) is 15.1 Å². The molecule has 0 unspecified atom stereocenters. The van der Waals surface area contributed by atoms with Crippen molar-refractivity contribution in [2.24, 2.45) is 4.99 Å². The van der Waals surface area contributed by atoms with E-state index in [9.17, 15) is 14.9 Å². The fourth-order valence-corrected chi connectivity index (χ4v) is 2.75. The van der Waals surface area contributed by atoms with Crippen LogP contribution < -0.4 is 0 Å². The highest BCUT2D eigenvalue weighted by Gasteiger charge is 2.23. The van der Waals surface area contributed by atoms with Crippen molar-refractivity contribution < 1.29 is 9.72 Å². The van der Waals surface area contributed by atoms with E-state index in [4.69, 9.17) is 0 Å². The molecule has 1 aliphatic rings. The lowest BCUT2D eigenvalue weighted by atomic mass is 10.2. The Morgan fingerprint density at radius 2 is 1.73 bits per heavy atom. The van der Waals surface area contributed by atoms with Crippen LogP contribution in [-0.2, 0) is 4.79 Å². The van der Waals surface area contributed by atoms with E-state index in [-0.39, 0.29) is 10.8 Å². The van der Waals surface area contributed by atoms with Crippen molar-refractivity contribution in [1.82, 2.24) is 0 Å². The topological polar surface area (TPSA) is 72.6 Å². The normalized spacial score (nSPS) is 15.9. The zero-order valence-electron chi connectivity index (χ0n) is 11.3. The standard InChI is InChI=1S/C16H10N2O3S/c19-16-14(10-11-6-8-13(9-7-11)18(20)21)17-15(22-16)12-4-2-1-3-5-12/h1-10H. The molecule has 22 heavy (non-hydrogen) atoms. The summed E-state index contributed by atoms with van der Waals surface area (Å²) in [5, 5.41) is 11.2. The first kappa shape index (κ1) is 14.2. The number of nitro groups is 1. The zero-order chi connectivity index (χ0) is 15.5. The highest BCUT2D eigenvalue weighted by atomic mass is 32.2. The average molecular weight is 310 g/mol. The first-order valence-corrected chi connectivity index (χ1v) is 7.27. The van der Waals surface area contributed by atoms with Gasteiger partial charge in [-0.05, 0) is 35.5 Å².